The Bertz CT molecular complexity index is 1560. The van der Waals surface area contributed by atoms with Gasteiger partial charge in [0.1, 0.15) is 19.3 Å². The Balaban J connectivity index is 1.46. The molecule has 262 valence electrons. The fourth-order valence-electron chi connectivity index (χ4n) is 5.83. The fourth-order valence-corrected chi connectivity index (χ4v) is 5.83. The maximum absolute atomic E-state index is 13.3. The SMILES string of the molecule is CC(=O)OCC1O[C@@H](NC(=O)C[C@@H](NC(=O)OCC2c3ccccc3-c3ccccc32)C(C)=O)[C@H](OC(C)=O)C(OC(C)=O)[C@H]1OC(C)=O. The highest BCUT2D eigenvalue weighted by atomic mass is 16.7. The van der Waals surface area contributed by atoms with E-state index in [2.05, 4.69) is 10.6 Å². The van der Waals surface area contributed by atoms with Crippen LogP contribution < -0.4 is 10.6 Å². The number of hydrogen-bond acceptors (Lipinski definition) is 13. The largest absolute Gasteiger partial charge is 0.463 e. The van der Waals surface area contributed by atoms with E-state index in [1.54, 1.807) is 0 Å². The first kappa shape index (κ1) is 36.5. The Labute approximate surface area is 281 Å². The van der Waals surface area contributed by atoms with Gasteiger partial charge in [-0.3, -0.25) is 28.8 Å². The van der Waals surface area contributed by atoms with Crippen LogP contribution in [0.3, 0.4) is 0 Å². The molecule has 0 bridgehead atoms. The molecular formula is C34H38N2O13. The van der Waals surface area contributed by atoms with Crippen LogP contribution in [0.1, 0.15) is 58.1 Å². The van der Waals surface area contributed by atoms with E-state index in [-0.39, 0.29) is 12.5 Å². The van der Waals surface area contributed by atoms with Gasteiger partial charge in [0.25, 0.3) is 0 Å². The van der Waals surface area contributed by atoms with Crippen molar-refractivity contribution in [2.24, 2.45) is 0 Å². The first-order valence-corrected chi connectivity index (χ1v) is 15.5. The summed E-state index contributed by atoms with van der Waals surface area (Å²) in [5.41, 5.74) is 4.05. The molecule has 0 radical (unpaired) electrons. The van der Waals surface area contributed by atoms with E-state index in [0.29, 0.717) is 0 Å². The summed E-state index contributed by atoms with van der Waals surface area (Å²) in [6, 6.07) is 14.2. The quantitative estimate of drug-likeness (QED) is 0.244. The highest BCUT2D eigenvalue weighted by Crippen LogP contribution is 2.44. The number of fused-ring (bicyclic) bond motifs is 3. The standard InChI is InChI=1S/C34H38N2O13/c1-17(37)27(35-34(43)45-15-26-24-12-8-6-10-22(24)23-11-7-9-13-25(23)26)14-29(42)36-33-32(48-21(5)41)31(47-20(4)40)30(46-19(3)39)28(49-33)16-44-18(2)38/h6-13,26-28,30-33H,14-16H2,1-5H3,(H,35,43)(H,36,42)/t27-,28?,30+,31?,32-,33-/m1/s1. The van der Waals surface area contributed by atoms with Crippen molar-refractivity contribution in [3.8, 4) is 11.1 Å². The number of benzene rings is 2. The minimum Gasteiger partial charge on any atom is -0.463 e. The molecule has 49 heavy (non-hydrogen) atoms. The summed E-state index contributed by atoms with van der Waals surface area (Å²) in [6.07, 6.45) is -8.83. The second kappa shape index (κ2) is 16.2. The van der Waals surface area contributed by atoms with Crippen molar-refractivity contribution in [1.29, 1.82) is 0 Å². The second-order valence-electron chi connectivity index (χ2n) is 11.5. The topological polar surface area (TPSA) is 199 Å². The van der Waals surface area contributed by atoms with Gasteiger partial charge in [-0.15, -0.1) is 0 Å². The number of rotatable bonds is 12. The van der Waals surface area contributed by atoms with Gasteiger partial charge in [0.15, 0.2) is 30.3 Å². The first-order chi connectivity index (χ1) is 23.2. The monoisotopic (exact) mass is 682 g/mol. The molecule has 0 spiro atoms. The number of carbonyl (C=O) groups is 7. The number of esters is 4. The predicted octanol–water partition coefficient (Wildman–Crippen LogP) is 2.07. The lowest BCUT2D eigenvalue weighted by molar-refractivity contribution is -0.257. The molecule has 2 N–H and O–H groups in total. The maximum Gasteiger partial charge on any atom is 0.407 e. The van der Waals surface area contributed by atoms with Crippen molar-refractivity contribution in [1.82, 2.24) is 10.6 Å². The third-order valence-corrected chi connectivity index (χ3v) is 7.81. The summed E-state index contributed by atoms with van der Waals surface area (Å²) >= 11 is 0. The van der Waals surface area contributed by atoms with Crippen LogP contribution in [-0.4, -0.2) is 91.6 Å². The fraction of sp³-hybridized carbons (Fsp3) is 0.441. The van der Waals surface area contributed by atoms with Crippen molar-refractivity contribution in [2.75, 3.05) is 13.2 Å². The highest BCUT2D eigenvalue weighted by Gasteiger charge is 2.52. The average Bonchev–Trinajstić information content (AvgIpc) is 3.34. The molecule has 2 aromatic rings. The van der Waals surface area contributed by atoms with Gasteiger partial charge in [-0.1, -0.05) is 48.5 Å². The van der Waals surface area contributed by atoms with E-state index in [4.69, 9.17) is 28.4 Å². The van der Waals surface area contributed by atoms with Crippen LogP contribution in [0.25, 0.3) is 11.1 Å². The summed E-state index contributed by atoms with van der Waals surface area (Å²) < 4.78 is 32.4. The van der Waals surface area contributed by atoms with Crippen LogP contribution in [0.15, 0.2) is 48.5 Å². The van der Waals surface area contributed by atoms with E-state index in [0.717, 1.165) is 49.9 Å². The van der Waals surface area contributed by atoms with Gasteiger partial charge < -0.3 is 39.1 Å². The summed E-state index contributed by atoms with van der Waals surface area (Å²) in [4.78, 5) is 86.3. The van der Waals surface area contributed by atoms with E-state index < -0.39 is 91.4 Å². The number of ether oxygens (including phenoxy) is 6. The van der Waals surface area contributed by atoms with Crippen molar-refractivity contribution >= 4 is 41.7 Å². The number of alkyl carbamates (subject to hydrolysis) is 1. The molecule has 0 aromatic heterocycles. The molecule has 1 fully saturated rings. The van der Waals surface area contributed by atoms with Gasteiger partial charge in [0, 0.05) is 33.6 Å². The lowest BCUT2D eigenvalue weighted by Crippen LogP contribution is -2.66. The number of amides is 2. The molecule has 1 aliphatic heterocycles. The highest BCUT2D eigenvalue weighted by molar-refractivity contribution is 5.91. The molecule has 6 atom stereocenters. The van der Waals surface area contributed by atoms with E-state index in [1.807, 2.05) is 48.5 Å². The smallest absolute Gasteiger partial charge is 0.407 e. The van der Waals surface area contributed by atoms with Crippen LogP contribution in [0, 0.1) is 0 Å². The van der Waals surface area contributed by atoms with Crippen molar-refractivity contribution < 1.29 is 62.0 Å². The van der Waals surface area contributed by atoms with Gasteiger partial charge in [-0.25, -0.2) is 4.79 Å². The minimum absolute atomic E-state index is 0.0264. The summed E-state index contributed by atoms with van der Waals surface area (Å²) in [7, 11) is 0. The van der Waals surface area contributed by atoms with Gasteiger partial charge in [-0.05, 0) is 29.2 Å². The number of nitrogens with one attached hydrogen (secondary N) is 2. The minimum atomic E-state index is -1.55. The van der Waals surface area contributed by atoms with Gasteiger partial charge >= 0.3 is 30.0 Å². The zero-order valence-electron chi connectivity index (χ0n) is 27.6. The van der Waals surface area contributed by atoms with Crippen molar-refractivity contribution in [3.05, 3.63) is 59.7 Å². The molecule has 2 unspecified atom stereocenters. The number of hydrogen-bond donors (Lipinski definition) is 2. The van der Waals surface area contributed by atoms with E-state index >= 15 is 0 Å². The Morgan fingerprint density at radius 2 is 1.20 bits per heavy atom. The number of carbonyl (C=O) groups excluding carboxylic acids is 7. The predicted molar refractivity (Wildman–Crippen MR) is 167 cm³/mol. The zero-order chi connectivity index (χ0) is 35.8. The molecule has 1 aliphatic carbocycles. The van der Waals surface area contributed by atoms with Crippen LogP contribution >= 0.6 is 0 Å². The molecular weight excluding hydrogens is 644 g/mol. The van der Waals surface area contributed by atoms with Gasteiger partial charge in [0.2, 0.25) is 5.91 Å². The Morgan fingerprint density at radius 3 is 1.73 bits per heavy atom. The van der Waals surface area contributed by atoms with E-state index in [1.165, 1.54) is 6.92 Å². The molecule has 4 rings (SSSR count). The molecule has 2 aromatic carbocycles. The zero-order valence-corrected chi connectivity index (χ0v) is 27.6. The van der Waals surface area contributed by atoms with Crippen LogP contribution in [0.4, 0.5) is 4.79 Å². The molecule has 1 heterocycles. The molecule has 15 heteroatoms. The third-order valence-electron chi connectivity index (χ3n) is 7.81. The maximum atomic E-state index is 13.3. The lowest BCUT2D eigenvalue weighted by Gasteiger charge is -2.44. The molecule has 2 amide bonds. The lowest BCUT2D eigenvalue weighted by atomic mass is 9.97. The van der Waals surface area contributed by atoms with Crippen molar-refractivity contribution in [3.63, 3.8) is 0 Å². The van der Waals surface area contributed by atoms with Gasteiger partial charge in [0.05, 0.1) is 12.5 Å². The second-order valence-corrected chi connectivity index (χ2v) is 11.5. The summed E-state index contributed by atoms with van der Waals surface area (Å²) in [5.74, 6) is -4.87. The normalized spacial score (nSPS) is 21.5. The Morgan fingerprint density at radius 1 is 0.673 bits per heavy atom. The summed E-state index contributed by atoms with van der Waals surface area (Å²) in [6.45, 7) is 4.97. The van der Waals surface area contributed by atoms with Gasteiger partial charge in [-0.2, -0.15) is 0 Å². The van der Waals surface area contributed by atoms with Crippen LogP contribution in [0.2, 0.25) is 0 Å². The molecule has 2 aliphatic rings. The number of ketones is 1. The average molecular weight is 683 g/mol. The molecule has 0 saturated carbocycles. The van der Waals surface area contributed by atoms with Crippen LogP contribution in [0.5, 0.6) is 0 Å². The Kier molecular flexibility index (Phi) is 12.1. The molecule has 1 saturated heterocycles. The summed E-state index contributed by atoms with van der Waals surface area (Å²) in [5, 5.41) is 4.89. The molecule has 15 nitrogen and oxygen atoms in total. The number of Topliss-reactive ketones (excluding diaryl/α,β-unsaturated/α-hetero) is 1. The van der Waals surface area contributed by atoms with Crippen LogP contribution in [-0.2, 0) is 57.2 Å². The van der Waals surface area contributed by atoms with Crippen molar-refractivity contribution in [2.45, 2.75) is 83.6 Å². The Hall–Kier alpha value is -5.31. The first-order valence-electron chi connectivity index (χ1n) is 15.5. The van der Waals surface area contributed by atoms with E-state index in [9.17, 15) is 33.6 Å². The third kappa shape index (κ3) is 9.41.